The van der Waals surface area contributed by atoms with E-state index < -0.39 is 11.9 Å². The minimum absolute atomic E-state index is 0.00782. The zero-order valence-electron chi connectivity index (χ0n) is 15.4. The van der Waals surface area contributed by atoms with E-state index in [1.54, 1.807) is 0 Å². The molecule has 0 unspecified atom stereocenters. The first-order chi connectivity index (χ1) is 11.9. The predicted molar refractivity (Wildman–Crippen MR) is 97.8 cm³/mol. The van der Waals surface area contributed by atoms with E-state index in [1.807, 2.05) is 0 Å². The standard InChI is InChI=1S/C20H36O5/c21-19(22)15-8-4-3-7-12-18-14-10-13-17(18)11-6-2-1-5-9-16-20(23,24)25/h6,11,17-18,23-25H,1-5,7-10,12-16H2,(H,21,22)/t17-,18-/m0/s1. The lowest BCUT2D eigenvalue weighted by Crippen LogP contribution is -2.26. The molecule has 0 aromatic carbocycles. The SMILES string of the molecule is O=C(O)CCCCCC[C@H]1CCC[C@@H]1C=CCCCCCC(O)(O)O. The molecule has 0 saturated heterocycles. The van der Waals surface area contributed by atoms with Gasteiger partial charge in [-0.25, -0.2) is 0 Å². The Balaban J connectivity index is 2.06. The van der Waals surface area contributed by atoms with Gasteiger partial charge in [-0.05, 0) is 56.8 Å². The Bertz CT molecular complexity index is 386. The van der Waals surface area contributed by atoms with E-state index in [-0.39, 0.29) is 6.42 Å². The summed E-state index contributed by atoms with van der Waals surface area (Å²) >= 11 is 0. The number of carboxylic acids is 1. The summed E-state index contributed by atoms with van der Waals surface area (Å²) in [6.45, 7) is 0. The van der Waals surface area contributed by atoms with Gasteiger partial charge in [-0.1, -0.05) is 44.3 Å². The topological polar surface area (TPSA) is 98.0 Å². The molecule has 0 amide bonds. The van der Waals surface area contributed by atoms with E-state index in [9.17, 15) is 4.79 Å². The third-order valence-corrected chi connectivity index (χ3v) is 5.20. The van der Waals surface area contributed by atoms with E-state index in [2.05, 4.69) is 12.2 Å². The third kappa shape index (κ3) is 12.1. The molecular weight excluding hydrogens is 320 g/mol. The number of aliphatic carboxylic acids is 1. The molecule has 25 heavy (non-hydrogen) atoms. The van der Waals surface area contributed by atoms with Gasteiger partial charge in [0.05, 0.1) is 0 Å². The van der Waals surface area contributed by atoms with E-state index in [0.29, 0.717) is 18.8 Å². The van der Waals surface area contributed by atoms with E-state index in [4.69, 9.17) is 20.4 Å². The van der Waals surface area contributed by atoms with Crippen molar-refractivity contribution in [2.24, 2.45) is 11.8 Å². The van der Waals surface area contributed by atoms with Crippen LogP contribution in [0.25, 0.3) is 0 Å². The molecule has 5 nitrogen and oxygen atoms in total. The van der Waals surface area contributed by atoms with Crippen LogP contribution >= 0.6 is 0 Å². The van der Waals surface area contributed by atoms with Gasteiger partial charge in [-0.3, -0.25) is 4.79 Å². The normalized spacial score (nSPS) is 21.2. The van der Waals surface area contributed by atoms with Gasteiger partial charge >= 0.3 is 5.97 Å². The van der Waals surface area contributed by atoms with E-state index >= 15 is 0 Å². The Kier molecular flexibility index (Phi) is 11.0. The second kappa shape index (κ2) is 12.4. The molecule has 0 aromatic heterocycles. The molecule has 2 atom stereocenters. The first kappa shape index (κ1) is 22.1. The molecule has 0 spiro atoms. The number of hydrogen-bond donors (Lipinski definition) is 4. The molecule has 1 saturated carbocycles. The highest BCUT2D eigenvalue weighted by Crippen LogP contribution is 2.36. The Morgan fingerprint density at radius 1 is 0.960 bits per heavy atom. The molecule has 5 heteroatoms. The average molecular weight is 357 g/mol. The van der Waals surface area contributed by atoms with Crippen molar-refractivity contribution in [2.45, 2.75) is 95.9 Å². The van der Waals surface area contributed by atoms with Gasteiger partial charge < -0.3 is 20.4 Å². The summed E-state index contributed by atoms with van der Waals surface area (Å²) in [4.78, 5) is 10.5. The van der Waals surface area contributed by atoms with Crippen molar-refractivity contribution >= 4 is 5.97 Å². The molecule has 1 fully saturated rings. The van der Waals surface area contributed by atoms with Crippen molar-refractivity contribution in [1.82, 2.24) is 0 Å². The van der Waals surface area contributed by atoms with Crippen LogP contribution in [0, 0.1) is 11.8 Å². The lowest BCUT2D eigenvalue weighted by atomic mass is 9.90. The van der Waals surface area contributed by atoms with Gasteiger partial charge in [0.2, 0.25) is 0 Å². The highest BCUT2D eigenvalue weighted by molar-refractivity contribution is 5.66. The minimum atomic E-state index is -2.51. The van der Waals surface area contributed by atoms with Gasteiger partial charge in [0, 0.05) is 12.8 Å². The number of hydrogen-bond acceptors (Lipinski definition) is 4. The average Bonchev–Trinajstić information content (AvgIpc) is 2.96. The molecule has 4 N–H and O–H groups in total. The summed E-state index contributed by atoms with van der Waals surface area (Å²) in [7, 11) is 0. The van der Waals surface area contributed by atoms with Crippen LogP contribution in [-0.2, 0) is 4.79 Å². The van der Waals surface area contributed by atoms with Crippen LogP contribution in [0.5, 0.6) is 0 Å². The Morgan fingerprint density at radius 2 is 1.68 bits per heavy atom. The zero-order chi connectivity index (χ0) is 18.5. The van der Waals surface area contributed by atoms with Gasteiger partial charge in [0.1, 0.15) is 0 Å². The fraction of sp³-hybridized carbons (Fsp3) is 0.850. The second-order valence-electron chi connectivity index (χ2n) is 7.50. The summed E-state index contributed by atoms with van der Waals surface area (Å²) < 4.78 is 0. The van der Waals surface area contributed by atoms with Gasteiger partial charge in [0.25, 0.3) is 5.97 Å². The van der Waals surface area contributed by atoms with Gasteiger partial charge in [0.15, 0.2) is 0 Å². The number of allylic oxidation sites excluding steroid dienone is 2. The minimum Gasteiger partial charge on any atom is -0.481 e. The summed E-state index contributed by atoms with van der Waals surface area (Å²) in [5, 5.41) is 35.0. The molecule has 146 valence electrons. The molecule has 0 radical (unpaired) electrons. The number of rotatable bonds is 14. The lowest BCUT2D eigenvalue weighted by molar-refractivity contribution is -0.315. The van der Waals surface area contributed by atoms with Crippen molar-refractivity contribution in [3.8, 4) is 0 Å². The van der Waals surface area contributed by atoms with Crippen LogP contribution in [0.1, 0.15) is 89.9 Å². The summed E-state index contributed by atoms with van der Waals surface area (Å²) in [6, 6.07) is 0. The molecule has 0 bridgehead atoms. The van der Waals surface area contributed by atoms with Crippen molar-refractivity contribution in [2.75, 3.05) is 0 Å². The maximum atomic E-state index is 10.5. The van der Waals surface area contributed by atoms with E-state index in [1.165, 1.54) is 32.1 Å². The van der Waals surface area contributed by atoms with Crippen molar-refractivity contribution in [3.05, 3.63) is 12.2 Å². The summed E-state index contributed by atoms with van der Waals surface area (Å²) in [5.41, 5.74) is 0. The summed E-state index contributed by atoms with van der Waals surface area (Å²) in [5.74, 6) is -1.72. The van der Waals surface area contributed by atoms with Crippen LogP contribution in [0.4, 0.5) is 0 Å². The zero-order valence-corrected chi connectivity index (χ0v) is 15.4. The largest absolute Gasteiger partial charge is 0.481 e. The lowest BCUT2D eigenvalue weighted by Gasteiger charge is -2.16. The smallest absolute Gasteiger partial charge is 0.303 e. The maximum absolute atomic E-state index is 10.5. The Labute approximate surface area is 151 Å². The number of carbonyl (C=O) groups is 1. The Morgan fingerprint density at radius 3 is 2.40 bits per heavy atom. The Hall–Kier alpha value is -0.910. The van der Waals surface area contributed by atoms with Crippen LogP contribution in [0.3, 0.4) is 0 Å². The molecule has 1 rings (SSSR count). The number of carboxylic acid groups (broad SMARTS) is 1. The van der Waals surface area contributed by atoms with Crippen molar-refractivity contribution in [3.63, 3.8) is 0 Å². The maximum Gasteiger partial charge on any atom is 0.303 e. The van der Waals surface area contributed by atoms with E-state index in [0.717, 1.165) is 44.4 Å². The van der Waals surface area contributed by atoms with Crippen LogP contribution in [0.15, 0.2) is 12.2 Å². The van der Waals surface area contributed by atoms with Crippen molar-refractivity contribution < 1.29 is 25.2 Å². The summed E-state index contributed by atoms with van der Waals surface area (Å²) in [6.07, 6.45) is 17.8. The monoisotopic (exact) mass is 356 g/mol. The third-order valence-electron chi connectivity index (χ3n) is 5.20. The molecular formula is C20H36O5. The molecule has 1 aliphatic rings. The first-order valence-electron chi connectivity index (χ1n) is 9.94. The van der Waals surface area contributed by atoms with Gasteiger partial charge in [-0.15, -0.1) is 0 Å². The molecule has 0 aliphatic heterocycles. The second-order valence-corrected chi connectivity index (χ2v) is 7.50. The van der Waals surface area contributed by atoms with Crippen LogP contribution in [0.2, 0.25) is 0 Å². The first-order valence-corrected chi connectivity index (χ1v) is 9.94. The number of aliphatic hydroxyl groups is 3. The predicted octanol–water partition coefficient (Wildman–Crippen LogP) is 3.97. The quantitative estimate of drug-likeness (QED) is 0.214. The highest BCUT2D eigenvalue weighted by Gasteiger charge is 2.24. The molecule has 0 aromatic rings. The molecule has 0 heterocycles. The van der Waals surface area contributed by atoms with Gasteiger partial charge in [-0.2, -0.15) is 0 Å². The molecule has 1 aliphatic carbocycles. The van der Waals surface area contributed by atoms with Crippen LogP contribution < -0.4 is 0 Å². The fourth-order valence-corrected chi connectivity index (χ4v) is 3.79. The fourth-order valence-electron chi connectivity index (χ4n) is 3.79. The highest BCUT2D eigenvalue weighted by atomic mass is 16.7. The van der Waals surface area contributed by atoms with Crippen LogP contribution in [-0.4, -0.2) is 32.4 Å². The van der Waals surface area contributed by atoms with Crippen molar-refractivity contribution in [1.29, 1.82) is 0 Å². The number of unbranched alkanes of at least 4 members (excludes halogenated alkanes) is 6.